The second kappa shape index (κ2) is 10.3. The molecule has 0 saturated carbocycles. The summed E-state index contributed by atoms with van der Waals surface area (Å²) in [5, 5.41) is 17.4. The summed E-state index contributed by atoms with van der Waals surface area (Å²) in [5.74, 6) is -3.57. The first-order chi connectivity index (χ1) is 18.6. The van der Waals surface area contributed by atoms with E-state index >= 15 is 0 Å². The number of fused-ring (bicyclic) bond motifs is 5. The van der Waals surface area contributed by atoms with Gasteiger partial charge in [-0.2, -0.15) is 0 Å². The number of carbonyl (C=O) groups excluding carboxylic acids is 2. The zero-order valence-corrected chi connectivity index (χ0v) is 21.4. The molecule has 3 unspecified atom stereocenters. The molecule has 13 heteroatoms. The average Bonchev–Trinajstić information content (AvgIpc) is 3.27. The topological polar surface area (TPSA) is 132 Å². The van der Waals surface area contributed by atoms with Gasteiger partial charge in [-0.3, -0.25) is 14.4 Å². The zero-order chi connectivity index (χ0) is 27.9. The molecule has 3 atom stereocenters. The van der Waals surface area contributed by atoms with Gasteiger partial charge in [0.05, 0.1) is 19.1 Å². The van der Waals surface area contributed by atoms with Gasteiger partial charge >= 0.3 is 0 Å². The van der Waals surface area contributed by atoms with Crippen molar-refractivity contribution in [3.8, 4) is 5.75 Å². The highest BCUT2D eigenvalue weighted by atomic mass is 19.1. The average molecular weight is 547 g/mol. The normalized spacial score (nSPS) is 23.6. The molecule has 1 fully saturated rings. The Balaban J connectivity index is 1.49. The van der Waals surface area contributed by atoms with Gasteiger partial charge in [0.25, 0.3) is 11.8 Å². The third kappa shape index (κ3) is 4.71. The van der Waals surface area contributed by atoms with Crippen LogP contribution in [0.5, 0.6) is 5.75 Å². The van der Waals surface area contributed by atoms with Crippen LogP contribution in [0.3, 0.4) is 0 Å². The van der Waals surface area contributed by atoms with Gasteiger partial charge in [-0.1, -0.05) is 11.2 Å². The maximum absolute atomic E-state index is 14.0. The molecule has 5 rings (SSSR count). The van der Waals surface area contributed by atoms with Gasteiger partial charge in [0, 0.05) is 44.1 Å². The van der Waals surface area contributed by atoms with Gasteiger partial charge < -0.3 is 34.2 Å². The van der Waals surface area contributed by atoms with E-state index in [1.807, 2.05) is 6.92 Å². The van der Waals surface area contributed by atoms with E-state index in [4.69, 9.17) is 14.3 Å². The summed E-state index contributed by atoms with van der Waals surface area (Å²) in [5.41, 5.74) is -2.69. The molecule has 1 spiro atoms. The van der Waals surface area contributed by atoms with E-state index in [9.17, 15) is 28.3 Å². The van der Waals surface area contributed by atoms with E-state index in [2.05, 4.69) is 10.5 Å². The Labute approximate surface area is 221 Å². The molecule has 4 heterocycles. The number of pyridine rings is 1. The Kier molecular flexibility index (Phi) is 7.02. The maximum Gasteiger partial charge on any atom is 0.274 e. The molecule has 11 nitrogen and oxygen atoms in total. The molecule has 2 bridgehead atoms. The van der Waals surface area contributed by atoms with Crippen LogP contribution in [0.1, 0.15) is 58.6 Å². The minimum atomic E-state index is -1.04. The molecule has 1 saturated heterocycles. The third-order valence-electron chi connectivity index (χ3n) is 7.54. The number of oxime groups is 1. The van der Waals surface area contributed by atoms with E-state index in [1.54, 1.807) is 12.0 Å². The Morgan fingerprint density at radius 1 is 1.31 bits per heavy atom. The molecule has 3 aliphatic heterocycles. The summed E-state index contributed by atoms with van der Waals surface area (Å²) in [6, 6.07) is 2.08. The first-order valence-corrected chi connectivity index (χ1v) is 12.5. The van der Waals surface area contributed by atoms with Crippen molar-refractivity contribution in [3.63, 3.8) is 0 Å². The van der Waals surface area contributed by atoms with Gasteiger partial charge in [-0.15, -0.1) is 0 Å². The molecule has 0 radical (unpaired) electrons. The fraction of sp³-hybridized carbons (Fsp3) is 0.462. The molecule has 2 aromatic rings. The molecule has 0 aliphatic carbocycles. The first kappa shape index (κ1) is 26.6. The molecule has 1 aromatic carbocycles. The number of hydrogen-bond donors (Lipinski definition) is 2. The summed E-state index contributed by atoms with van der Waals surface area (Å²) < 4.78 is 39.4. The number of nitrogens with one attached hydrogen (secondary N) is 1. The Morgan fingerprint density at radius 3 is 2.85 bits per heavy atom. The van der Waals surface area contributed by atoms with E-state index in [1.165, 1.54) is 16.8 Å². The van der Waals surface area contributed by atoms with Crippen molar-refractivity contribution < 1.29 is 37.8 Å². The molecule has 2 amide bonds. The summed E-state index contributed by atoms with van der Waals surface area (Å²) in [6.45, 7) is 2.36. The van der Waals surface area contributed by atoms with Crippen molar-refractivity contribution in [1.29, 1.82) is 0 Å². The lowest BCUT2D eigenvalue weighted by Crippen LogP contribution is -2.52. The summed E-state index contributed by atoms with van der Waals surface area (Å²) in [6.07, 6.45) is 2.55. The number of nitrogens with zero attached hydrogens (tertiary/aromatic N) is 3. The maximum atomic E-state index is 14.0. The highest BCUT2D eigenvalue weighted by Gasteiger charge is 2.54. The van der Waals surface area contributed by atoms with Crippen molar-refractivity contribution in [2.24, 2.45) is 5.16 Å². The van der Waals surface area contributed by atoms with Crippen LogP contribution in [-0.4, -0.2) is 70.8 Å². The molecule has 208 valence electrons. The number of halogens is 2. The number of aromatic nitrogens is 1. The number of aromatic hydroxyl groups is 1. The van der Waals surface area contributed by atoms with Crippen LogP contribution >= 0.6 is 0 Å². The second-order valence-corrected chi connectivity index (χ2v) is 9.91. The number of benzene rings is 1. The fourth-order valence-electron chi connectivity index (χ4n) is 5.34. The highest BCUT2D eigenvalue weighted by molar-refractivity contribution is 5.99. The molecular formula is C26H28F2N4O7. The van der Waals surface area contributed by atoms with E-state index in [0.29, 0.717) is 31.4 Å². The minimum Gasteiger partial charge on any atom is -0.503 e. The Hall–Kier alpha value is -4.00. The van der Waals surface area contributed by atoms with Crippen LogP contribution in [0.2, 0.25) is 0 Å². The second-order valence-electron chi connectivity index (χ2n) is 9.91. The predicted octanol–water partition coefficient (Wildman–Crippen LogP) is 2.08. The zero-order valence-electron chi connectivity index (χ0n) is 21.4. The lowest BCUT2D eigenvalue weighted by atomic mass is 9.85. The van der Waals surface area contributed by atoms with Gasteiger partial charge in [-0.05, 0) is 25.8 Å². The number of hydrogen-bond acceptors (Lipinski definition) is 8. The van der Waals surface area contributed by atoms with Crippen LogP contribution in [-0.2, 0) is 20.9 Å². The minimum absolute atomic E-state index is 0.00655. The first-order valence-electron chi connectivity index (χ1n) is 12.5. The van der Waals surface area contributed by atoms with Crippen LogP contribution in [0.25, 0.3) is 0 Å². The molecule has 1 aromatic heterocycles. The van der Waals surface area contributed by atoms with Crippen LogP contribution in [0.15, 0.2) is 34.3 Å². The van der Waals surface area contributed by atoms with Crippen LogP contribution < -0.4 is 10.7 Å². The van der Waals surface area contributed by atoms with Gasteiger partial charge in [0.15, 0.2) is 17.0 Å². The van der Waals surface area contributed by atoms with Gasteiger partial charge in [0.2, 0.25) is 11.3 Å². The molecule has 39 heavy (non-hydrogen) atoms. The highest BCUT2D eigenvalue weighted by Crippen LogP contribution is 2.46. The van der Waals surface area contributed by atoms with Crippen LogP contribution in [0.4, 0.5) is 8.78 Å². The predicted molar refractivity (Wildman–Crippen MR) is 132 cm³/mol. The standard InChI is InChI=1S/C26H28F2N4O7/c1-14-5-6-26(10-20(30-39-26)38-8-7-37-2)19-13-31(14)25(36)21-23(34)22(33)17(12-32(19)21)24(35)29-11-15-3-4-16(27)9-18(15)28/h3-4,9,12,14,19,34H,5-8,10-11,13H2,1-2H3,(H,29,35). The third-order valence-corrected chi connectivity index (χ3v) is 7.54. The number of ether oxygens (including phenoxy) is 2. The lowest BCUT2D eigenvalue weighted by Gasteiger charge is -2.41. The van der Waals surface area contributed by atoms with E-state index in [0.717, 1.165) is 6.07 Å². The number of methoxy groups -OCH3 is 1. The lowest BCUT2D eigenvalue weighted by molar-refractivity contribution is -0.0655. The SMILES string of the molecule is COCCOC1=NOC2(CCC(C)N3CC2n2cc(C(=O)NCc4ccc(F)cc4F)c(=O)c(O)c2C3=O)C1. The van der Waals surface area contributed by atoms with Crippen molar-refractivity contribution in [2.45, 2.75) is 50.4 Å². The van der Waals surface area contributed by atoms with Crippen molar-refractivity contribution in [3.05, 3.63) is 63.1 Å². The molecule has 2 N–H and O–H groups in total. The fourth-order valence-corrected chi connectivity index (χ4v) is 5.34. The summed E-state index contributed by atoms with van der Waals surface area (Å²) >= 11 is 0. The quantitative estimate of drug-likeness (QED) is 0.531. The van der Waals surface area contributed by atoms with Gasteiger partial charge in [-0.25, -0.2) is 8.78 Å². The van der Waals surface area contributed by atoms with Crippen molar-refractivity contribution in [2.75, 3.05) is 26.9 Å². The molecular weight excluding hydrogens is 518 g/mol. The van der Waals surface area contributed by atoms with Crippen molar-refractivity contribution >= 4 is 17.7 Å². The van der Waals surface area contributed by atoms with Crippen LogP contribution in [0, 0.1) is 11.6 Å². The molecule has 3 aliphatic rings. The number of amides is 2. The number of carbonyl (C=O) groups is 2. The largest absolute Gasteiger partial charge is 0.503 e. The summed E-state index contributed by atoms with van der Waals surface area (Å²) in [7, 11) is 1.55. The monoisotopic (exact) mass is 546 g/mol. The smallest absolute Gasteiger partial charge is 0.274 e. The van der Waals surface area contributed by atoms with E-state index < -0.39 is 51.8 Å². The Morgan fingerprint density at radius 2 is 2.10 bits per heavy atom. The Bertz CT molecular complexity index is 1410. The van der Waals surface area contributed by atoms with Gasteiger partial charge in [0.1, 0.15) is 23.8 Å². The van der Waals surface area contributed by atoms with E-state index in [-0.39, 0.29) is 43.4 Å². The summed E-state index contributed by atoms with van der Waals surface area (Å²) in [4.78, 5) is 47.0. The van der Waals surface area contributed by atoms with Crippen molar-refractivity contribution in [1.82, 2.24) is 14.8 Å². The number of rotatable bonds is 6.